The molecule has 0 radical (unpaired) electrons. The van der Waals surface area contributed by atoms with Crippen LogP contribution in [0.3, 0.4) is 0 Å². The molecule has 5 heterocycles. The van der Waals surface area contributed by atoms with Crippen molar-refractivity contribution in [2.24, 2.45) is 11.5 Å². The van der Waals surface area contributed by atoms with Gasteiger partial charge < -0.3 is 26.4 Å². The average Bonchev–Trinajstić information content (AvgIpc) is 3.77. The maximum absolute atomic E-state index is 11.7. The first-order valence-corrected chi connectivity index (χ1v) is 18.6. The third kappa shape index (κ3) is 9.38. The van der Waals surface area contributed by atoms with E-state index in [9.17, 15) is 18.0 Å². The lowest BCUT2D eigenvalue weighted by atomic mass is 10.1. The normalized spacial score (nSPS) is 13.6. The lowest BCUT2D eigenvalue weighted by Gasteiger charge is -2.29. The molecule has 0 spiro atoms. The van der Waals surface area contributed by atoms with Crippen LogP contribution in [0.4, 0.5) is 5.69 Å². The van der Waals surface area contributed by atoms with Crippen molar-refractivity contribution in [3.63, 3.8) is 0 Å². The number of piperazine rings is 1. The average molecular weight is 745 g/mol. The first kappa shape index (κ1) is 38.5. The van der Waals surface area contributed by atoms with Gasteiger partial charge in [0.1, 0.15) is 5.75 Å². The van der Waals surface area contributed by atoms with Crippen LogP contribution in [0.2, 0.25) is 0 Å². The molecule has 2 amide bonds. The van der Waals surface area contributed by atoms with Gasteiger partial charge in [-0.2, -0.15) is 15.2 Å². The molecule has 1 aromatic carbocycles. The van der Waals surface area contributed by atoms with Crippen LogP contribution < -0.4 is 26.4 Å². The number of nitrogens with zero attached hydrogens (tertiary/aromatic N) is 9. The number of rotatable bonds is 8. The number of anilines is 1. The molecule has 4 aromatic heterocycles. The van der Waals surface area contributed by atoms with Crippen molar-refractivity contribution in [3.05, 3.63) is 72.3 Å². The zero-order valence-corrected chi connectivity index (χ0v) is 31.5. The molecule has 280 valence electrons. The topological polar surface area (TPSA) is 232 Å². The third-order valence-corrected chi connectivity index (χ3v) is 8.71. The van der Waals surface area contributed by atoms with Crippen LogP contribution in [-0.2, 0) is 20.9 Å². The van der Waals surface area contributed by atoms with Crippen molar-refractivity contribution in [1.82, 2.24) is 44.8 Å². The summed E-state index contributed by atoms with van der Waals surface area (Å²) < 4.78 is 32.4. The van der Waals surface area contributed by atoms with Gasteiger partial charge in [0, 0.05) is 50.5 Å². The summed E-state index contributed by atoms with van der Waals surface area (Å²) in [6.07, 6.45) is 4.00. The number of aromatic nitrogens is 8. The van der Waals surface area contributed by atoms with E-state index in [1.165, 1.54) is 12.3 Å². The van der Waals surface area contributed by atoms with E-state index in [1.54, 1.807) is 33.8 Å². The minimum absolute atomic E-state index is 0.0874. The van der Waals surface area contributed by atoms with E-state index in [0.29, 0.717) is 28.5 Å². The lowest BCUT2D eigenvalue weighted by Crippen LogP contribution is -2.43. The number of carbonyl (C=O) groups is 2. The monoisotopic (exact) mass is 744 g/mol. The Balaban J connectivity index is 0.000000217. The standard InChI is InChI=1S/C22H27N7O2.C13H17N5O3S/c1-22(2,3)29-19(14-18(27-29)20(23)30)17-8-9-25-21(26-17)31-16-6-4-15(5-7-16)28-12-10-24-11-13-28;1-13(2,3)18-10(7-9(17-18)11(14)19)8-5-6-15-12(16-8)22(4,20)21/h4-9,14,24H,10-13H2,1-3H3,(H2,23,30);5-7H,1-4H3,(H2,14,19). The number of nitrogens with one attached hydrogen (secondary N) is 1. The van der Waals surface area contributed by atoms with Crippen molar-refractivity contribution >= 4 is 27.3 Å². The van der Waals surface area contributed by atoms with E-state index < -0.39 is 27.2 Å². The Labute approximate surface area is 307 Å². The van der Waals surface area contributed by atoms with Crippen molar-refractivity contribution in [3.8, 4) is 34.5 Å². The Kier molecular flexibility index (Phi) is 10.9. The summed E-state index contributed by atoms with van der Waals surface area (Å²) >= 11 is 0. The summed E-state index contributed by atoms with van der Waals surface area (Å²) in [6.45, 7) is 15.6. The number of nitrogens with two attached hydrogens (primary N) is 2. The molecule has 1 aliphatic heterocycles. The molecule has 1 aliphatic rings. The number of sulfone groups is 1. The summed E-state index contributed by atoms with van der Waals surface area (Å²) in [7, 11) is -3.53. The highest BCUT2D eigenvalue weighted by atomic mass is 32.2. The van der Waals surface area contributed by atoms with Gasteiger partial charge in [-0.15, -0.1) is 0 Å². The minimum Gasteiger partial charge on any atom is -0.424 e. The molecule has 1 saturated heterocycles. The molecule has 5 N–H and O–H groups in total. The first-order chi connectivity index (χ1) is 24.8. The van der Waals surface area contributed by atoms with Crippen LogP contribution in [0.25, 0.3) is 22.8 Å². The second-order valence-corrected chi connectivity index (χ2v) is 16.2. The maximum Gasteiger partial charge on any atom is 0.322 e. The van der Waals surface area contributed by atoms with Crippen molar-refractivity contribution in [2.75, 3.05) is 37.3 Å². The van der Waals surface area contributed by atoms with Crippen molar-refractivity contribution in [2.45, 2.75) is 57.8 Å². The van der Waals surface area contributed by atoms with E-state index >= 15 is 0 Å². The number of primary amides is 2. The van der Waals surface area contributed by atoms with Gasteiger partial charge in [0.05, 0.1) is 33.9 Å². The molecular weight excluding hydrogens is 701 g/mol. The summed E-state index contributed by atoms with van der Waals surface area (Å²) in [6, 6.07) is 14.6. The second kappa shape index (κ2) is 15.1. The highest BCUT2D eigenvalue weighted by Gasteiger charge is 2.25. The Morgan fingerprint density at radius 2 is 1.25 bits per heavy atom. The number of hydrogen-bond acceptors (Lipinski definition) is 13. The van der Waals surface area contributed by atoms with Crippen molar-refractivity contribution in [1.29, 1.82) is 0 Å². The maximum atomic E-state index is 11.7. The van der Waals surface area contributed by atoms with Gasteiger partial charge in [0.2, 0.25) is 15.0 Å². The second-order valence-electron chi connectivity index (χ2n) is 14.3. The molecule has 0 bridgehead atoms. The smallest absolute Gasteiger partial charge is 0.322 e. The van der Waals surface area contributed by atoms with Crippen LogP contribution in [0.5, 0.6) is 11.8 Å². The molecule has 1 fully saturated rings. The van der Waals surface area contributed by atoms with Crippen LogP contribution in [0, 0.1) is 0 Å². The Hall–Kier alpha value is -5.75. The zero-order valence-electron chi connectivity index (χ0n) is 30.7. The predicted octanol–water partition coefficient (Wildman–Crippen LogP) is 2.99. The van der Waals surface area contributed by atoms with Gasteiger partial charge in [-0.25, -0.2) is 23.4 Å². The first-order valence-electron chi connectivity index (χ1n) is 16.7. The zero-order chi connectivity index (χ0) is 38.7. The quantitative estimate of drug-likeness (QED) is 0.194. The molecule has 18 heteroatoms. The van der Waals surface area contributed by atoms with E-state index in [0.717, 1.165) is 38.1 Å². The molecule has 0 saturated carbocycles. The summed E-state index contributed by atoms with van der Waals surface area (Å²) in [5.41, 5.74) is 13.4. The lowest BCUT2D eigenvalue weighted by molar-refractivity contribution is 0.0985. The highest BCUT2D eigenvalue weighted by Crippen LogP contribution is 2.29. The fraction of sp³-hybridized carbons (Fsp3) is 0.371. The minimum atomic E-state index is -3.53. The van der Waals surface area contributed by atoms with Gasteiger partial charge in [-0.1, -0.05) is 0 Å². The molecule has 17 nitrogen and oxygen atoms in total. The van der Waals surface area contributed by atoms with E-state index in [4.69, 9.17) is 16.2 Å². The largest absolute Gasteiger partial charge is 0.424 e. The molecule has 5 aromatic rings. The molecule has 53 heavy (non-hydrogen) atoms. The SMILES string of the molecule is CC(C)(C)n1nc(C(N)=O)cc1-c1ccnc(Oc2ccc(N3CCNCC3)cc2)n1.CC(C)(C)n1nc(C(N)=O)cc1-c1ccnc(S(C)(=O)=O)n1. The van der Waals surface area contributed by atoms with Gasteiger partial charge in [-0.05, 0) is 90.1 Å². The number of hydrogen-bond donors (Lipinski definition) is 3. The summed E-state index contributed by atoms with van der Waals surface area (Å²) in [4.78, 5) is 41.9. The van der Waals surface area contributed by atoms with E-state index in [2.05, 4.69) is 40.3 Å². The molecular formula is C35H44N12O5S. The number of benzene rings is 1. The Morgan fingerprint density at radius 3 is 1.72 bits per heavy atom. The van der Waals surface area contributed by atoms with Crippen LogP contribution in [-0.4, -0.2) is 92.2 Å². The van der Waals surface area contributed by atoms with Crippen molar-refractivity contribution < 1.29 is 22.7 Å². The van der Waals surface area contributed by atoms with Gasteiger partial charge in [0.25, 0.3) is 11.8 Å². The van der Waals surface area contributed by atoms with Gasteiger partial charge in [0.15, 0.2) is 11.4 Å². The van der Waals surface area contributed by atoms with E-state index in [-0.39, 0.29) is 28.1 Å². The summed E-state index contributed by atoms with van der Waals surface area (Å²) in [5, 5.41) is 11.6. The van der Waals surface area contributed by atoms with Crippen LogP contribution in [0.1, 0.15) is 62.5 Å². The predicted molar refractivity (Wildman–Crippen MR) is 198 cm³/mol. The molecule has 6 rings (SSSR count). The van der Waals surface area contributed by atoms with Crippen LogP contribution >= 0.6 is 0 Å². The third-order valence-electron chi connectivity index (χ3n) is 7.85. The van der Waals surface area contributed by atoms with Gasteiger partial charge in [-0.3, -0.25) is 19.0 Å². The Bertz CT molecular complexity index is 2210. The fourth-order valence-corrected chi connectivity index (χ4v) is 5.86. The Morgan fingerprint density at radius 1 is 0.755 bits per heavy atom. The number of ether oxygens (including phenoxy) is 1. The number of amides is 2. The highest BCUT2D eigenvalue weighted by molar-refractivity contribution is 7.90. The molecule has 0 unspecified atom stereocenters. The molecule has 0 aliphatic carbocycles. The number of carbonyl (C=O) groups excluding carboxylic acids is 2. The molecule has 0 atom stereocenters. The van der Waals surface area contributed by atoms with E-state index in [1.807, 2.05) is 65.8 Å². The van der Waals surface area contributed by atoms with Crippen LogP contribution in [0.15, 0.2) is 66.1 Å². The fourth-order valence-electron chi connectivity index (χ4n) is 5.34. The summed E-state index contributed by atoms with van der Waals surface area (Å²) in [5.74, 6) is -0.598. The van der Waals surface area contributed by atoms with Gasteiger partial charge >= 0.3 is 6.01 Å².